The van der Waals surface area contributed by atoms with Gasteiger partial charge in [-0.25, -0.2) is 0 Å². The van der Waals surface area contributed by atoms with Crippen LogP contribution in [0.3, 0.4) is 0 Å². The van der Waals surface area contributed by atoms with E-state index in [9.17, 15) is 0 Å². The number of aromatic nitrogens is 2. The van der Waals surface area contributed by atoms with E-state index in [4.69, 9.17) is 0 Å². The van der Waals surface area contributed by atoms with E-state index in [1.165, 1.54) is 18.5 Å². The fourth-order valence-electron chi connectivity index (χ4n) is 2.00. The van der Waals surface area contributed by atoms with Gasteiger partial charge in [0.25, 0.3) is 0 Å². The number of halogens is 1. The minimum atomic E-state index is 0.241. The van der Waals surface area contributed by atoms with Gasteiger partial charge in [-0.1, -0.05) is 13.8 Å². The van der Waals surface area contributed by atoms with Gasteiger partial charge in [0.15, 0.2) is 0 Å². The minimum absolute atomic E-state index is 0.241. The summed E-state index contributed by atoms with van der Waals surface area (Å²) in [5.41, 5.74) is 2.54. The Morgan fingerprint density at radius 3 is 2.53 bits per heavy atom. The maximum atomic E-state index is 4.58. The Kier molecular flexibility index (Phi) is 3.64. The summed E-state index contributed by atoms with van der Waals surface area (Å²) in [7, 11) is 0. The molecule has 0 aliphatic heterocycles. The third-order valence-electron chi connectivity index (χ3n) is 3.32. The lowest BCUT2D eigenvalue weighted by Gasteiger charge is -2.25. The highest BCUT2D eigenvalue weighted by Gasteiger charge is 2.26. The average Bonchev–Trinajstić information content (AvgIpc) is 3.03. The van der Waals surface area contributed by atoms with Crippen molar-refractivity contribution in [1.82, 2.24) is 15.1 Å². The summed E-state index contributed by atoms with van der Waals surface area (Å²) in [6.45, 7) is 10.8. The molecular formula is C13H22BrN3. The molecular weight excluding hydrogens is 278 g/mol. The first-order valence-electron chi connectivity index (χ1n) is 6.32. The zero-order valence-electron chi connectivity index (χ0n) is 11.2. The first-order valence-corrected chi connectivity index (χ1v) is 7.11. The topological polar surface area (TPSA) is 29.9 Å². The van der Waals surface area contributed by atoms with Gasteiger partial charge in [-0.15, -0.1) is 0 Å². The average molecular weight is 300 g/mol. The van der Waals surface area contributed by atoms with Crippen molar-refractivity contribution in [2.75, 3.05) is 6.54 Å². The lowest BCUT2D eigenvalue weighted by atomic mass is 9.93. The van der Waals surface area contributed by atoms with E-state index in [0.717, 1.165) is 29.3 Å². The molecule has 17 heavy (non-hydrogen) atoms. The first-order chi connectivity index (χ1) is 7.89. The molecule has 2 rings (SSSR count). The molecule has 1 saturated carbocycles. The maximum Gasteiger partial charge on any atom is 0.0738 e. The van der Waals surface area contributed by atoms with Crippen LogP contribution in [-0.4, -0.2) is 22.4 Å². The van der Waals surface area contributed by atoms with Gasteiger partial charge in [-0.3, -0.25) is 4.68 Å². The van der Waals surface area contributed by atoms with Crippen molar-refractivity contribution >= 4 is 15.9 Å². The van der Waals surface area contributed by atoms with Crippen molar-refractivity contribution in [2.24, 2.45) is 5.41 Å². The second-order valence-electron chi connectivity index (χ2n) is 5.96. The van der Waals surface area contributed by atoms with Gasteiger partial charge in [0.2, 0.25) is 0 Å². The minimum Gasteiger partial charge on any atom is -0.313 e. The molecule has 1 fully saturated rings. The predicted molar refractivity (Wildman–Crippen MR) is 74.2 cm³/mol. The smallest absolute Gasteiger partial charge is 0.0738 e. The van der Waals surface area contributed by atoms with Gasteiger partial charge >= 0.3 is 0 Å². The Bertz CT molecular complexity index is 405. The lowest BCUT2D eigenvalue weighted by molar-refractivity contribution is 0.272. The molecule has 0 saturated heterocycles. The van der Waals surface area contributed by atoms with Crippen LogP contribution in [0.1, 0.15) is 38.1 Å². The molecule has 1 aromatic heterocycles. The molecule has 1 heterocycles. The molecule has 1 aliphatic carbocycles. The van der Waals surface area contributed by atoms with Gasteiger partial charge in [-0.05, 0) is 48.0 Å². The molecule has 0 radical (unpaired) electrons. The molecule has 0 unspecified atom stereocenters. The predicted octanol–water partition coefficient (Wildman–Crippen LogP) is 3.04. The highest BCUT2D eigenvalue weighted by molar-refractivity contribution is 9.10. The molecule has 1 aliphatic rings. The Morgan fingerprint density at radius 2 is 2.06 bits per heavy atom. The third kappa shape index (κ3) is 3.32. The molecule has 0 aromatic carbocycles. The van der Waals surface area contributed by atoms with Crippen molar-refractivity contribution < 1.29 is 0 Å². The summed E-state index contributed by atoms with van der Waals surface area (Å²) in [4.78, 5) is 0. The Labute approximate surface area is 112 Å². The van der Waals surface area contributed by atoms with Gasteiger partial charge in [0.05, 0.1) is 10.2 Å². The molecule has 96 valence electrons. The van der Waals surface area contributed by atoms with Crippen LogP contribution < -0.4 is 5.32 Å². The second-order valence-corrected chi connectivity index (χ2v) is 6.75. The van der Waals surface area contributed by atoms with Crippen molar-refractivity contribution in [3.05, 3.63) is 15.9 Å². The summed E-state index contributed by atoms with van der Waals surface area (Å²) in [5.74, 6) is 0. The number of rotatable bonds is 5. The number of hydrogen-bond donors (Lipinski definition) is 1. The first kappa shape index (κ1) is 13.1. The Morgan fingerprint density at radius 1 is 1.41 bits per heavy atom. The van der Waals surface area contributed by atoms with Crippen LogP contribution in [0.15, 0.2) is 4.47 Å². The monoisotopic (exact) mass is 299 g/mol. The largest absolute Gasteiger partial charge is 0.313 e. The zero-order valence-corrected chi connectivity index (χ0v) is 12.8. The van der Waals surface area contributed by atoms with Crippen LogP contribution in [0.5, 0.6) is 0 Å². The second kappa shape index (κ2) is 4.73. The number of nitrogens with zero attached hydrogens (tertiary/aromatic N) is 2. The molecule has 0 bridgehead atoms. The fraction of sp³-hybridized carbons (Fsp3) is 0.769. The van der Waals surface area contributed by atoms with Crippen LogP contribution in [-0.2, 0) is 6.54 Å². The Hall–Kier alpha value is -0.350. The van der Waals surface area contributed by atoms with Crippen molar-refractivity contribution in [1.29, 1.82) is 0 Å². The highest BCUT2D eigenvalue weighted by atomic mass is 79.9. The third-order valence-corrected chi connectivity index (χ3v) is 4.47. The van der Waals surface area contributed by atoms with E-state index < -0.39 is 0 Å². The van der Waals surface area contributed by atoms with Gasteiger partial charge in [0, 0.05) is 24.8 Å². The molecule has 1 N–H and O–H groups in total. The van der Waals surface area contributed by atoms with Crippen LogP contribution in [0, 0.1) is 19.3 Å². The van der Waals surface area contributed by atoms with Crippen molar-refractivity contribution in [3.63, 3.8) is 0 Å². The molecule has 3 nitrogen and oxygen atoms in total. The maximum absolute atomic E-state index is 4.58. The molecule has 1 aromatic rings. The van der Waals surface area contributed by atoms with E-state index in [1.807, 2.05) is 6.92 Å². The molecule has 0 amide bonds. The number of aryl methyl sites for hydroxylation is 1. The summed E-state index contributed by atoms with van der Waals surface area (Å²) in [5, 5.41) is 8.18. The van der Waals surface area contributed by atoms with E-state index in [1.54, 1.807) is 0 Å². The molecule has 0 atom stereocenters. The van der Waals surface area contributed by atoms with E-state index in [-0.39, 0.29) is 5.41 Å². The van der Waals surface area contributed by atoms with E-state index >= 15 is 0 Å². The van der Waals surface area contributed by atoms with Crippen LogP contribution >= 0.6 is 15.9 Å². The normalized spacial score (nSPS) is 16.5. The van der Waals surface area contributed by atoms with Crippen LogP contribution in [0.25, 0.3) is 0 Å². The highest BCUT2D eigenvalue weighted by Crippen LogP contribution is 2.25. The van der Waals surface area contributed by atoms with Crippen LogP contribution in [0.4, 0.5) is 0 Å². The summed E-state index contributed by atoms with van der Waals surface area (Å²) >= 11 is 3.58. The van der Waals surface area contributed by atoms with Gasteiger partial charge in [0.1, 0.15) is 0 Å². The molecule has 0 spiro atoms. The van der Waals surface area contributed by atoms with Gasteiger partial charge in [-0.2, -0.15) is 5.10 Å². The zero-order chi connectivity index (χ0) is 12.6. The van der Waals surface area contributed by atoms with E-state index in [2.05, 4.69) is 51.8 Å². The number of nitrogens with one attached hydrogen (secondary N) is 1. The quantitative estimate of drug-likeness (QED) is 0.906. The Balaban J connectivity index is 1.99. The standard InChI is InChI=1S/C13H22BrN3/c1-9-12(14)10(2)17(16-9)8-13(3,4)7-15-11-5-6-11/h11,15H,5-8H2,1-4H3. The summed E-state index contributed by atoms with van der Waals surface area (Å²) < 4.78 is 3.26. The molecule has 4 heteroatoms. The lowest BCUT2D eigenvalue weighted by Crippen LogP contribution is -2.34. The van der Waals surface area contributed by atoms with Crippen molar-refractivity contribution in [2.45, 2.75) is 53.1 Å². The fourth-order valence-corrected chi connectivity index (χ4v) is 2.28. The van der Waals surface area contributed by atoms with Crippen LogP contribution in [0.2, 0.25) is 0 Å². The SMILES string of the molecule is Cc1nn(CC(C)(C)CNC2CC2)c(C)c1Br. The van der Waals surface area contributed by atoms with Crippen molar-refractivity contribution in [3.8, 4) is 0 Å². The summed E-state index contributed by atoms with van der Waals surface area (Å²) in [6, 6.07) is 0.779. The van der Waals surface area contributed by atoms with Gasteiger partial charge < -0.3 is 5.32 Å². The summed E-state index contributed by atoms with van der Waals surface area (Å²) in [6.07, 6.45) is 2.70. The number of hydrogen-bond acceptors (Lipinski definition) is 2. The van der Waals surface area contributed by atoms with E-state index in [0.29, 0.717) is 0 Å².